The number of carbonyl (C=O) groups is 1. The highest BCUT2D eigenvalue weighted by atomic mass is 32.1. The smallest absolute Gasteiger partial charge is 0.336 e. The van der Waals surface area contributed by atoms with E-state index in [9.17, 15) is 9.90 Å². The van der Waals surface area contributed by atoms with Crippen LogP contribution in [0.5, 0.6) is 0 Å². The summed E-state index contributed by atoms with van der Waals surface area (Å²) >= 11 is 1.29. The normalized spacial score (nSPS) is 14.0. The van der Waals surface area contributed by atoms with Gasteiger partial charge in [0.2, 0.25) is 0 Å². The number of carboxylic acid groups (broad SMARTS) is 1. The van der Waals surface area contributed by atoms with Crippen LogP contribution in [-0.4, -0.2) is 16.2 Å². The second-order valence-corrected chi connectivity index (χ2v) is 5.51. The first-order valence-corrected chi connectivity index (χ1v) is 7.01. The van der Waals surface area contributed by atoms with Crippen LogP contribution in [0.4, 0.5) is 0 Å². The molecule has 0 radical (unpaired) electrons. The highest BCUT2D eigenvalue weighted by Crippen LogP contribution is 2.32. The maximum absolute atomic E-state index is 11.0. The summed E-state index contributed by atoms with van der Waals surface area (Å²) < 4.78 is 0. The molecule has 0 amide bonds. The van der Waals surface area contributed by atoms with Gasteiger partial charge in [-0.05, 0) is 29.3 Å². The van der Waals surface area contributed by atoms with Crippen LogP contribution < -0.4 is 0 Å². The van der Waals surface area contributed by atoms with Crippen LogP contribution in [0.25, 0.3) is 0 Å². The molecule has 100 valence electrons. The maximum Gasteiger partial charge on any atom is 0.336 e. The van der Waals surface area contributed by atoms with E-state index in [1.807, 2.05) is 37.3 Å². The molecule has 1 aromatic heterocycles. The predicted octanol–water partition coefficient (Wildman–Crippen LogP) is 3.67. The monoisotopic (exact) mass is 276 g/mol. The van der Waals surface area contributed by atoms with Gasteiger partial charge in [0.05, 0.1) is 11.7 Å². The lowest BCUT2D eigenvalue weighted by atomic mass is 9.94. The van der Waals surface area contributed by atoms with Crippen LogP contribution in [0, 0.1) is 0 Å². The molecule has 0 spiro atoms. The van der Waals surface area contributed by atoms with Crippen molar-refractivity contribution in [3.63, 3.8) is 0 Å². The largest absolute Gasteiger partial charge is 0.478 e. The molecule has 1 aromatic carbocycles. The van der Waals surface area contributed by atoms with Crippen LogP contribution in [-0.2, 0) is 0 Å². The number of thiophene rings is 1. The van der Waals surface area contributed by atoms with Crippen LogP contribution >= 0.6 is 11.3 Å². The van der Waals surface area contributed by atoms with E-state index in [-0.39, 0.29) is 11.5 Å². The van der Waals surface area contributed by atoms with Gasteiger partial charge in [-0.2, -0.15) is 0 Å². The van der Waals surface area contributed by atoms with Crippen molar-refractivity contribution in [2.45, 2.75) is 25.4 Å². The Bertz CT molecular complexity index is 548. The van der Waals surface area contributed by atoms with Crippen LogP contribution in [0.2, 0.25) is 0 Å². The van der Waals surface area contributed by atoms with E-state index in [1.165, 1.54) is 11.3 Å². The molecule has 1 heterocycles. The summed E-state index contributed by atoms with van der Waals surface area (Å²) in [5.74, 6) is -0.803. The Morgan fingerprint density at radius 1 is 1.26 bits per heavy atom. The number of hydrogen-bond acceptors (Lipinski definition) is 3. The number of aliphatic hydroxyl groups is 1. The second kappa shape index (κ2) is 5.99. The van der Waals surface area contributed by atoms with Gasteiger partial charge >= 0.3 is 5.97 Å². The molecule has 2 N–H and O–H groups in total. The molecule has 2 unspecified atom stereocenters. The molecular formula is C15H16O3S. The van der Waals surface area contributed by atoms with E-state index < -0.39 is 12.1 Å². The molecule has 3 nitrogen and oxygen atoms in total. The molecule has 0 aliphatic rings. The summed E-state index contributed by atoms with van der Waals surface area (Å²) in [6, 6.07) is 11.5. The fourth-order valence-electron chi connectivity index (χ4n) is 2.12. The summed E-state index contributed by atoms with van der Waals surface area (Å²) in [5, 5.41) is 21.0. The van der Waals surface area contributed by atoms with Gasteiger partial charge in [-0.25, -0.2) is 4.79 Å². The molecule has 2 aromatic rings. The van der Waals surface area contributed by atoms with Crippen LogP contribution in [0.1, 0.15) is 46.2 Å². The predicted molar refractivity (Wildman–Crippen MR) is 75.7 cm³/mol. The SMILES string of the molecule is CC(CC(O)c1sccc1C(=O)O)c1ccccc1. The average molecular weight is 276 g/mol. The van der Waals surface area contributed by atoms with E-state index in [1.54, 1.807) is 11.4 Å². The minimum absolute atomic E-state index is 0.181. The minimum Gasteiger partial charge on any atom is -0.478 e. The summed E-state index contributed by atoms with van der Waals surface area (Å²) in [5.41, 5.74) is 1.35. The quantitative estimate of drug-likeness (QED) is 0.876. The molecule has 0 aliphatic carbocycles. The lowest BCUT2D eigenvalue weighted by Crippen LogP contribution is -2.06. The van der Waals surface area contributed by atoms with Crippen molar-refractivity contribution in [2.24, 2.45) is 0 Å². The van der Waals surface area contributed by atoms with E-state index in [2.05, 4.69) is 0 Å². The van der Waals surface area contributed by atoms with Gasteiger partial charge in [-0.1, -0.05) is 37.3 Å². The van der Waals surface area contributed by atoms with Gasteiger partial charge in [0.15, 0.2) is 0 Å². The third kappa shape index (κ3) is 3.22. The van der Waals surface area contributed by atoms with E-state index >= 15 is 0 Å². The molecule has 19 heavy (non-hydrogen) atoms. The summed E-state index contributed by atoms with van der Waals surface area (Å²) in [6.45, 7) is 2.03. The molecule has 2 atom stereocenters. The molecule has 0 bridgehead atoms. The molecule has 0 saturated carbocycles. The molecule has 0 fully saturated rings. The summed E-state index contributed by atoms with van der Waals surface area (Å²) in [4.78, 5) is 11.6. The van der Waals surface area contributed by atoms with Crippen molar-refractivity contribution in [2.75, 3.05) is 0 Å². The zero-order valence-corrected chi connectivity index (χ0v) is 11.4. The zero-order valence-electron chi connectivity index (χ0n) is 10.6. The number of aliphatic hydroxyl groups excluding tert-OH is 1. The van der Waals surface area contributed by atoms with Gasteiger partial charge in [0, 0.05) is 4.88 Å². The van der Waals surface area contributed by atoms with Crippen molar-refractivity contribution >= 4 is 17.3 Å². The number of carboxylic acids is 1. The van der Waals surface area contributed by atoms with Gasteiger partial charge in [-0.15, -0.1) is 11.3 Å². The molecule has 2 rings (SSSR count). The fraction of sp³-hybridized carbons (Fsp3) is 0.267. The fourth-order valence-corrected chi connectivity index (χ4v) is 3.00. The lowest BCUT2D eigenvalue weighted by Gasteiger charge is -2.16. The Morgan fingerprint density at radius 3 is 2.58 bits per heavy atom. The van der Waals surface area contributed by atoms with Crippen molar-refractivity contribution in [3.8, 4) is 0 Å². The minimum atomic E-state index is -0.984. The highest BCUT2D eigenvalue weighted by Gasteiger charge is 2.21. The van der Waals surface area contributed by atoms with Gasteiger partial charge < -0.3 is 10.2 Å². The summed E-state index contributed by atoms with van der Waals surface area (Å²) in [7, 11) is 0. The Hall–Kier alpha value is -1.65. The Morgan fingerprint density at radius 2 is 1.95 bits per heavy atom. The average Bonchev–Trinajstić information content (AvgIpc) is 2.89. The number of rotatable bonds is 5. The third-order valence-electron chi connectivity index (χ3n) is 3.17. The Kier molecular flexibility index (Phi) is 4.35. The van der Waals surface area contributed by atoms with Crippen LogP contribution in [0.15, 0.2) is 41.8 Å². The topological polar surface area (TPSA) is 57.5 Å². The maximum atomic E-state index is 11.0. The highest BCUT2D eigenvalue weighted by molar-refractivity contribution is 7.10. The lowest BCUT2D eigenvalue weighted by molar-refractivity contribution is 0.0689. The van der Waals surface area contributed by atoms with Crippen LogP contribution in [0.3, 0.4) is 0 Å². The standard InChI is InChI=1S/C15H16O3S/c1-10(11-5-3-2-4-6-11)9-13(16)14-12(15(17)18)7-8-19-14/h2-8,10,13,16H,9H2,1H3,(H,17,18). The number of hydrogen-bond donors (Lipinski definition) is 2. The number of benzene rings is 1. The zero-order chi connectivity index (χ0) is 13.8. The molecule has 0 aliphatic heterocycles. The first-order chi connectivity index (χ1) is 9.09. The van der Waals surface area contributed by atoms with Crippen molar-refractivity contribution < 1.29 is 15.0 Å². The first-order valence-electron chi connectivity index (χ1n) is 6.13. The van der Waals surface area contributed by atoms with Crippen molar-refractivity contribution in [3.05, 3.63) is 57.8 Å². The second-order valence-electron chi connectivity index (χ2n) is 4.57. The molecular weight excluding hydrogens is 260 g/mol. The van der Waals surface area contributed by atoms with Gasteiger partial charge in [0.25, 0.3) is 0 Å². The van der Waals surface area contributed by atoms with E-state index in [0.29, 0.717) is 11.3 Å². The van der Waals surface area contributed by atoms with E-state index in [0.717, 1.165) is 5.56 Å². The first kappa shape index (κ1) is 13.8. The van der Waals surface area contributed by atoms with Crippen molar-refractivity contribution in [1.29, 1.82) is 0 Å². The Balaban J connectivity index is 2.11. The van der Waals surface area contributed by atoms with Crippen molar-refractivity contribution in [1.82, 2.24) is 0 Å². The Labute approximate surface area is 116 Å². The van der Waals surface area contributed by atoms with Gasteiger partial charge in [0.1, 0.15) is 0 Å². The van der Waals surface area contributed by atoms with Gasteiger partial charge in [-0.3, -0.25) is 0 Å². The summed E-state index contributed by atoms with van der Waals surface area (Å²) in [6.07, 6.45) is -0.216. The molecule has 0 saturated heterocycles. The third-order valence-corrected chi connectivity index (χ3v) is 4.19. The van der Waals surface area contributed by atoms with E-state index in [4.69, 9.17) is 5.11 Å². The molecule has 4 heteroatoms. The number of aromatic carboxylic acids is 1.